The summed E-state index contributed by atoms with van der Waals surface area (Å²) in [6.07, 6.45) is 3.11. The first-order valence-corrected chi connectivity index (χ1v) is 6.61. The maximum atomic E-state index is 12.2. The maximum absolute atomic E-state index is 12.2. The van der Waals surface area contributed by atoms with E-state index in [4.69, 9.17) is 4.74 Å². The summed E-state index contributed by atoms with van der Waals surface area (Å²) < 4.78 is 4.71. The fourth-order valence-corrected chi connectivity index (χ4v) is 2.64. The molecule has 0 aliphatic heterocycles. The minimum Gasteiger partial charge on any atom is -0.465 e. The van der Waals surface area contributed by atoms with Crippen LogP contribution < -0.4 is 5.32 Å². The molecule has 1 aliphatic rings. The lowest BCUT2D eigenvalue weighted by Gasteiger charge is -2.16. The van der Waals surface area contributed by atoms with Gasteiger partial charge < -0.3 is 10.1 Å². The first-order valence-electron chi connectivity index (χ1n) is 6.61. The van der Waals surface area contributed by atoms with Gasteiger partial charge in [-0.15, -0.1) is 0 Å². The Morgan fingerprint density at radius 1 is 1.26 bits per heavy atom. The molecule has 2 atom stereocenters. The van der Waals surface area contributed by atoms with Crippen LogP contribution in [0.15, 0.2) is 24.3 Å². The zero-order chi connectivity index (χ0) is 13.8. The van der Waals surface area contributed by atoms with Crippen molar-refractivity contribution in [2.24, 2.45) is 11.8 Å². The number of anilines is 1. The van der Waals surface area contributed by atoms with E-state index in [2.05, 4.69) is 12.2 Å². The van der Waals surface area contributed by atoms with Gasteiger partial charge in [-0.25, -0.2) is 4.79 Å². The summed E-state index contributed by atoms with van der Waals surface area (Å²) in [6.45, 7) is 2.10. The van der Waals surface area contributed by atoms with Crippen molar-refractivity contribution in [1.82, 2.24) is 0 Å². The van der Waals surface area contributed by atoms with Gasteiger partial charge in [0.15, 0.2) is 0 Å². The molecule has 1 aliphatic carbocycles. The van der Waals surface area contributed by atoms with Gasteiger partial charge in [-0.2, -0.15) is 0 Å². The number of esters is 1. The standard InChI is InChI=1S/C15H19NO3/c1-10-6-5-8-11(10)14(17)16-13-9-4-3-7-12(13)15(18)19-2/h3-4,7,9-11H,5-6,8H2,1-2H3,(H,16,17). The van der Waals surface area contributed by atoms with Crippen molar-refractivity contribution in [3.63, 3.8) is 0 Å². The molecule has 1 aromatic rings. The average molecular weight is 261 g/mol. The molecule has 0 spiro atoms. The van der Waals surface area contributed by atoms with E-state index in [1.807, 2.05) is 0 Å². The summed E-state index contributed by atoms with van der Waals surface area (Å²) in [7, 11) is 1.33. The highest BCUT2D eigenvalue weighted by Gasteiger charge is 2.30. The zero-order valence-electron chi connectivity index (χ0n) is 11.3. The molecular weight excluding hydrogens is 242 g/mol. The first-order chi connectivity index (χ1) is 9.13. The molecule has 0 aromatic heterocycles. The molecule has 1 saturated carbocycles. The van der Waals surface area contributed by atoms with Crippen molar-refractivity contribution in [3.05, 3.63) is 29.8 Å². The molecule has 1 fully saturated rings. The van der Waals surface area contributed by atoms with E-state index in [0.717, 1.165) is 19.3 Å². The highest BCUT2D eigenvalue weighted by molar-refractivity contribution is 6.01. The van der Waals surface area contributed by atoms with Crippen molar-refractivity contribution in [2.45, 2.75) is 26.2 Å². The molecule has 0 saturated heterocycles. The summed E-state index contributed by atoms with van der Waals surface area (Å²) in [4.78, 5) is 23.9. The molecule has 4 nitrogen and oxygen atoms in total. The molecule has 19 heavy (non-hydrogen) atoms. The Morgan fingerprint density at radius 2 is 2.00 bits per heavy atom. The van der Waals surface area contributed by atoms with E-state index in [1.165, 1.54) is 7.11 Å². The topological polar surface area (TPSA) is 55.4 Å². The quantitative estimate of drug-likeness (QED) is 0.851. The number of ether oxygens (including phenoxy) is 1. The van der Waals surface area contributed by atoms with Crippen molar-refractivity contribution in [2.75, 3.05) is 12.4 Å². The second-order valence-corrected chi connectivity index (χ2v) is 5.04. The molecule has 2 unspecified atom stereocenters. The zero-order valence-corrected chi connectivity index (χ0v) is 11.3. The monoisotopic (exact) mass is 261 g/mol. The number of benzene rings is 1. The SMILES string of the molecule is COC(=O)c1ccccc1NC(=O)C1CCCC1C. The summed E-state index contributed by atoms with van der Waals surface area (Å²) in [5, 5.41) is 2.86. The van der Waals surface area contributed by atoms with Gasteiger partial charge in [-0.3, -0.25) is 4.79 Å². The van der Waals surface area contributed by atoms with E-state index in [9.17, 15) is 9.59 Å². The van der Waals surface area contributed by atoms with E-state index >= 15 is 0 Å². The Balaban J connectivity index is 2.14. The van der Waals surface area contributed by atoms with Crippen LogP contribution in [0, 0.1) is 11.8 Å². The predicted molar refractivity (Wildman–Crippen MR) is 72.9 cm³/mol. The molecule has 1 N–H and O–H groups in total. The molecule has 102 valence electrons. The van der Waals surface area contributed by atoms with Crippen LogP contribution in [0.2, 0.25) is 0 Å². The van der Waals surface area contributed by atoms with Crippen LogP contribution in [0.1, 0.15) is 36.5 Å². The minimum atomic E-state index is -0.435. The Bertz CT molecular complexity index is 484. The van der Waals surface area contributed by atoms with Gasteiger partial charge >= 0.3 is 5.97 Å². The highest BCUT2D eigenvalue weighted by Crippen LogP contribution is 2.32. The average Bonchev–Trinajstić information content (AvgIpc) is 2.85. The number of carbonyl (C=O) groups excluding carboxylic acids is 2. The molecule has 0 heterocycles. The summed E-state index contributed by atoms with van der Waals surface area (Å²) in [6, 6.07) is 6.92. The number of hydrogen-bond donors (Lipinski definition) is 1. The van der Waals surface area contributed by atoms with Crippen LogP contribution in [-0.2, 0) is 9.53 Å². The lowest BCUT2D eigenvalue weighted by atomic mass is 9.97. The van der Waals surface area contributed by atoms with Gasteiger partial charge in [0, 0.05) is 5.92 Å². The third-order valence-corrected chi connectivity index (χ3v) is 3.79. The van der Waals surface area contributed by atoms with Gasteiger partial charge in [0.05, 0.1) is 18.4 Å². The number of para-hydroxylation sites is 1. The van der Waals surface area contributed by atoms with Crippen molar-refractivity contribution in [1.29, 1.82) is 0 Å². The second kappa shape index (κ2) is 5.87. The normalized spacial score (nSPS) is 22.0. The predicted octanol–water partition coefficient (Wildman–Crippen LogP) is 2.85. The smallest absolute Gasteiger partial charge is 0.339 e. The molecule has 1 amide bonds. The van der Waals surface area contributed by atoms with E-state index in [0.29, 0.717) is 17.2 Å². The number of hydrogen-bond acceptors (Lipinski definition) is 3. The van der Waals surface area contributed by atoms with Crippen LogP contribution in [0.4, 0.5) is 5.69 Å². The van der Waals surface area contributed by atoms with Crippen LogP contribution in [-0.4, -0.2) is 19.0 Å². The molecule has 0 radical (unpaired) electrons. The van der Waals surface area contributed by atoms with Crippen molar-refractivity contribution in [3.8, 4) is 0 Å². The van der Waals surface area contributed by atoms with Crippen LogP contribution in [0.3, 0.4) is 0 Å². The molecular formula is C15H19NO3. The van der Waals surface area contributed by atoms with E-state index in [-0.39, 0.29) is 11.8 Å². The summed E-state index contributed by atoms with van der Waals surface area (Å²) in [5.41, 5.74) is 0.919. The van der Waals surface area contributed by atoms with Crippen LogP contribution >= 0.6 is 0 Å². The second-order valence-electron chi connectivity index (χ2n) is 5.04. The lowest BCUT2D eigenvalue weighted by molar-refractivity contribution is -0.120. The number of nitrogens with one attached hydrogen (secondary N) is 1. The minimum absolute atomic E-state index is 0.00125. The Morgan fingerprint density at radius 3 is 2.63 bits per heavy atom. The van der Waals surface area contributed by atoms with Gasteiger partial charge in [-0.05, 0) is 30.9 Å². The fourth-order valence-electron chi connectivity index (χ4n) is 2.64. The Kier molecular flexibility index (Phi) is 4.20. The third-order valence-electron chi connectivity index (χ3n) is 3.79. The number of rotatable bonds is 3. The van der Waals surface area contributed by atoms with Gasteiger partial charge in [0.1, 0.15) is 0 Å². The summed E-state index contributed by atoms with van der Waals surface area (Å²) in [5.74, 6) is 0.0210. The number of methoxy groups -OCH3 is 1. The van der Waals surface area contributed by atoms with Crippen LogP contribution in [0.25, 0.3) is 0 Å². The maximum Gasteiger partial charge on any atom is 0.339 e. The Hall–Kier alpha value is -1.84. The lowest BCUT2D eigenvalue weighted by Crippen LogP contribution is -2.25. The third kappa shape index (κ3) is 2.95. The largest absolute Gasteiger partial charge is 0.465 e. The van der Waals surface area contributed by atoms with Gasteiger partial charge in [0.25, 0.3) is 0 Å². The number of carbonyl (C=O) groups is 2. The molecule has 2 rings (SSSR count). The summed E-state index contributed by atoms with van der Waals surface area (Å²) >= 11 is 0. The van der Waals surface area contributed by atoms with E-state index in [1.54, 1.807) is 24.3 Å². The van der Waals surface area contributed by atoms with Gasteiger partial charge in [0.2, 0.25) is 5.91 Å². The van der Waals surface area contributed by atoms with E-state index < -0.39 is 5.97 Å². The fraction of sp³-hybridized carbons (Fsp3) is 0.467. The molecule has 0 bridgehead atoms. The van der Waals surface area contributed by atoms with Crippen LogP contribution in [0.5, 0.6) is 0 Å². The highest BCUT2D eigenvalue weighted by atomic mass is 16.5. The van der Waals surface area contributed by atoms with Gasteiger partial charge in [-0.1, -0.05) is 25.5 Å². The first kappa shape index (κ1) is 13.6. The molecule has 4 heteroatoms. The number of amides is 1. The van der Waals surface area contributed by atoms with Crippen molar-refractivity contribution >= 4 is 17.6 Å². The van der Waals surface area contributed by atoms with Crippen molar-refractivity contribution < 1.29 is 14.3 Å². The Labute approximate surface area is 113 Å². The molecule has 1 aromatic carbocycles.